The van der Waals surface area contributed by atoms with Crippen LogP contribution in [0.5, 0.6) is 11.5 Å². The van der Waals surface area contributed by atoms with Gasteiger partial charge in [-0.2, -0.15) is 0 Å². The lowest BCUT2D eigenvalue weighted by Gasteiger charge is -2.36. The summed E-state index contributed by atoms with van der Waals surface area (Å²) in [6.07, 6.45) is 15.0. The maximum Gasteiger partial charge on any atom is 0.166 e. The lowest BCUT2D eigenvalue weighted by molar-refractivity contribution is 0.0809. The zero-order chi connectivity index (χ0) is 22.0. The highest BCUT2D eigenvalue weighted by Crippen LogP contribution is 2.55. The van der Waals surface area contributed by atoms with Crippen molar-refractivity contribution in [1.29, 1.82) is 0 Å². The minimum absolute atomic E-state index is 0.00212. The summed E-state index contributed by atoms with van der Waals surface area (Å²) in [7, 11) is 1.72. The molecule has 0 saturated carbocycles. The van der Waals surface area contributed by atoms with Crippen molar-refractivity contribution in [1.82, 2.24) is 9.80 Å². The number of methoxy groups -OCH3 is 1. The molecule has 0 amide bonds. The number of rotatable bonds is 8. The number of aliphatic hydroxyl groups excluding tert-OH is 1. The molecule has 5 nitrogen and oxygen atoms in total. The summed E-state index contributed by atoms with van der Waals surface area (Å²) in [5, 5.41) is 10.2. The standard InChI is InChI=1S/C27H40N2O3/c1-31-23-10-9-21-20-29(17-6-3-2-5-14-28-15-7-4-8-16-28)18-13-27-12-11-22(30)19-24(27)32-26(23)25(21)27/h9-12,22,24,30H,2-8,13-20H2,1H3/t22-,24-,27?/m0/s1. The predicted octanol–water partition coefficient (Wildman–Crippen LogP) is 4.27. The third-order valence-corrected chi connectivity index (χ3v) is 8.18. The summed E-state index contributed by atoms with van der Waals surface area (Å²) < 4.78 is 12.1. The maximum absolute atomic E-state index is 10.2. The fraction of sp³-hybridized carbons (Fsp3) is 0.704. The molecule has 3 atom stereocenters. The van der Waals surface area contributed by atoms with E-state index in [-0.39, 0.29) is 11.5 Å². The lowest BCUT2D eigenvalue weighted by atomic mass is 9.69. The van der Waals surface area contributed by atoms with Crippen LogP contribution in [0.4, 0.5) is 0 Å². The molecule has 5 rings (SSSR count). The van der Waals surface area contributed by atoms with Gasteiger partial charge in [-0.05, 0) is 76.5 Å². The van der Waals surface area contributed by atoms with E-state index in [1.54, 1.807) is 7.11 Å². The molecule has 1 unspecified atom stereocenters. The Kier molecular flexibility index (Phi) is 6.77. The molecule has 32 heavy (non-hydrogen) atoms. The molecule has 1 aromatic rings. The van der Waals surface area contributed by atoms with E-state index in [0.717, 1.165) is 31.0 Å². The van der Waals surface area contributed by atoms with E-state index in [4.69, 9.17) is 9.47 Å². The molecule has 0 aromatic heterocycles. The van der Waals surface area contributed by atoms with Gasteiger partial charge in [0.1, 0.15) is 6.10 Å². The Balaban J connectivity index is 1.20. The molecule has 0 bridgehead atoms. The fourth-order valence-electron chi connectivity index (χ4n) is 6.39. The normalized spacial score (nSPS) is 29.8. The number of hydrogen-bond acceptors (Lipinski definition) is 5. The Labute approximate surface area is 193 Å². The smallest absolute Gasteiger partial charge is 0.166 e. The van der Waals surface area contributed by atoms with Gasteiger partial charge in [0.05, 0.1) is 18.6 Å². The van der Waals surface area contributed by atoms with Gasteiger partial charge in [0.25, 0.3) is 0 Å². The van der Waals surface area contributed by atoms with Crippen LogP contribution in [0.3, 0.4) is 0 Å². The summed E-state index contributed by atoms with van der Waals surface area (Å²) in [5.41, 5.74) is 2.56. The van der Waals surface area contributed by atoms with Crippen molar-refractivity contribution in [3.05, 3.63) is 35.4 Å². The summed E-state index contributed by atoms with van der Waals surface area (Å²) in [6.45, 7) is 7.15. The predicted molar refractivity (Wildman–Crippen MR) is 128 cm³/mol. The fourth-order valence-corrected chi connectivity index (χ4v) is 6.39. The van der Waals surface area contributed by atoms with Crippen LogP contribution < -0.4 is 9.47 Å². The number of aliphatic hydroxyl groups is 1. The Bertz CT molecular complexity index is 819. The van der Waals surface area contributed by atoms with Crippen molar-refractivity contribution in [2.75, 3.05) is 39.8 Å². The Morgan fingerprint density at radius 1 is 1.03 bits per heavy atom. The van der Waals surface area contributed by atoms with Crippen LogP contribution >= 0.6 is 0 Å². The second-order valence-electron chi connectivity index (χ2n) is 10.3. The quantitative estimate of drug-likeness (QED) is 0.483. The number of likely N-dealkylation sites (tertiary alicyclic amines) is 1. The van der Waals surface area contributed by atoms with Crippen molar-refractivity contribution in [3.63, 3.8) is 0 Å². The van der Waals surface area contributed by atoms with Gasteiger partial charge in [0, 0.05) is 18.5 Å². The molecule has 3 aliphatic heterocycles. The third kappa shape index (κ3) is 4.32. The molecule has 0 radical (unpaired) electrons. The Morgan fingerprint density at radius 2 is 1.81 bits per heavy atom. The largest absolute Gasteiger partial charge is 0.493 e. The molecule has 4 aliphatic rings. The molecule has 1 aliphatic carbocycles. The molecular formula is C27H40N2O3. The Morgan fingerprint density at radius 3 is 2.59 bits per heavy atom. The van der Waals surface area contributed by atoms with Crippen LogP contribution in [-0.4, -0.2) is 66.9 Å². The number of hydrogen-bond donors (Lipinski definition) is 1. The van der Waals surface area contributed by atoms with Crippen LogP contribution in [0, 0.1) is 0 Å². The average Bonchev–Trinajstić information content (AvgIpc) is 3.05. The number of nitrogens with zero attached hydrogens (tertiary/aromatic N) is 2. The van der Waals surface area contributed by atoms with E-state index < -0.39 is 6.10 Å². The summed E-state index contributed by atoms with van der Waals surface area (Å²) in [4.78, 5) is 5.29. The van der Waals surface area contributed by atoms with Gasteiger partial charge < -0.3 is 19.5 Å². The van der Waals surface area contributed by atoms with E-state index >= 15 is 0 Å². The van der Waals surface area contributed by atoms with Gasteiger partial charge >= 0.3 is 0 Å². The molecule has 3 heterocycles. The molecule has 1 saturated heterocycles. The van der Waals surface area contributed by atoms with Crippen LogP contribution in [0.25, 0.3) is 0 Å². The zero-order valence-corrected chi connectivity index (χ0v) is 19.7. The monoisotopic (exact) mass is 440 g/mol. The first kappa shape index (κ1) is 22.2. The topological polar surface area (TPSA) is 45.2 Å². The Hall–Kier alpha value is -1.56. The second kappa shape index (κ2) is 9.74. The van der Waals surface area contributed by atoms with E-state index in [1.807, 2.05) is 6.08 Å². The van der Waals surface area contributed by atoms with E-state index in [2.05, 4.69) is 28.0 Å². The van der Waals surface area contributed by atoms with Crippen molar-refractivity contribution >= 4 is 0 Å². The van der Waals surface area contributed by atoms with E-state index in [9.17, 15) is 5.11 Å². The van der Waals surface area contributed by atoms with Crippen molar-refractivity contribution < 1.29 is 14.6 Å². The van der Waals surface area contributed by atoms with Gasteiger partial charge in [-0.15, -0.1) is 0 Å². The van der Waals surface area contributed by atoms with Gasteiger partial charge in [-0.25, -0.2) is 0 Å². The third-order valence-electron chi connectivity index (χ3n) is 8.18. The first-order chi connectivity index (χ1) is 15.7. The molecule has 176 valence electrons. The number of unbranched alkanes of at least 4 members (excludes halogenated alkanes) is 3. The highest BCUT2D eigenvalue weighted by Gasteiger charge is 2.52. The van der Waals surface area contributed by atoms with Crippen LogP contribution in [-0.2, 0) is 12.0 Å². The van der Waals surface area contributed by atoms with Gasteiger partial charge in [-0.1, -0.05) is 37.5 Å². The number of ether oxygens (including phenoxy) is 2. The minimum atomic E-state index is -0.418. The number of piperidine rings is 1. The SMILES string of the molecule is COc1ccc2c3c1O[C@H]1C[C@@H](O)C=CC31CCN(CCCCCCN1CCCCC1)C2. The van der Waals surface area contributed by atoms with Crippen LogP contribution in [0.2, 0.25) is 0 Å². The maximum atomic E-state index is 10.2. The van der Waals surface area contributed by atoms with Gasteiger partial charge in [0.2, 0.25) is 0 Å². The zero-order valence-electron chi connectivity index (χ0n) is 19.7. The lowest BCUT2D eigenvalue weighted by Crippen LogP contribution is -2.43. The minimum Gasteiger partial charge on any atom is -0.493 e. The molecule has 1 spiro atoms. The molecule has 5 heteroatoms. The summed E-state index contributed by atoms with van der Waals surface area (Å²) in [6, 6.07) is 4.30. The van der Waals surface area contributed by atoms with Gasteiger partial charge in [0.15, 0.2) is 11.5 Å². The molecule has 1 fully saturated rings. The average molecular weight is 441 g/mol. The molecule has 1 N–H and O–H groups in total. The van der Waals surface area contributed by atoms with Gasteiger partial charge in [-0.3, -0.25) is 4.90 Å². The van der Waals surface area contributed by atoms with Crippen LogP contribution in [0.15, 0.2) is 24.3 Å². The van der Waals surface area contributed by atoms with E-state index in [0.29, 0.717) is 6.42 Å². The highest BCUT2D eigenvalue weighted by molar-refractivity contribution is 5.61. The van der Waals surface area contributed by atoms with Crippen molar-refractivity contribution in [3.8, 4) is 11.5 Å². The van der Waals surface area contributed by atoms with Crippen molar-refractivity contribution in [2.24, 2.45) is 0 Å². The van der Waals surface area contributed by atoms with E-state index in [1.165, 1.54) is 82.3 Å². The first-order valence-electron chi connectivity index (χ1n) is 12.9. The summed E-state index contributed by atoms with van der Waals surface area (Å²) in [5.74, 6) is 1.73. The number of benzene rings is 1. The van der Waals surface area contributed by atoms with Crippen LogP contribution in [0.1, 0.15) is 68.9 Å². The first-order valence-corrected chi connectivity index (χ1v) is 12.9. The molecular weight excluding hydrogens is 400 g/mol. The highest BCUT2D eigenvalue weighted by atomic mass is 16.5. The second-order valence-corrected chi connectivity index (χ2v) is 10.3. The van der Waals surface area contributed by atoms with Crippen molar-refractivity contribution in [2.45, 2.75) is 82.0 Å². The summed E-state index contributed by atoms with van der Waals surface area (Å²) >= 11 is 0. The molecule has 1 aromatic carbocycles.